The minimum Gasteiger partial charge on any atom is -0.300 e. The van der Waals surface area contributed by atoms with Crippen molar-refractivity contribution >= 4 is 38.8 Å². The molecule has 2 fully saturated rings. The Kier molecular flexibility index (Phi) is 4.01. The summed E-state index contributed by atoms with van der Waals surface area (Å²) in [5.74, 6) is -0.419. The maximum absolute atomic E-state index is 12.3. The molecule has 0 aromatic heterocycles. The van der Waals surface area contributed by atoms with Gasteiger partial charge >= 0.3 is 0 Å². The van der Waals surface area contributed by atoms with E-state index in [2.05, 4.69) is 0 Å². The van der Waals surface area contributed by atoms with Gasteiger partial charge in [-0.3, -0.25) is 4.79 Å². The van der Waals surface area contributed by atoms with E-state index in [0.29, 0.717) is 12.8 Å². The van der Waals surface area contributed by atoms with Gasteiger partial charge in [-0.25, -0.2) is 8.42 Å². The number of Topliss-reactive ketones (excluding diaryl/α,β-unsaturated/α-hetero) is 1. The van der Waals surface area contributed by atoms with Crippen molar-refractivity contribution in [1.82, 2.24) is 0 Å². The van der Waals surface area contributed by atoms with Crippen LogP contribution in [0.3, 0.4) is 0 Å². The average Bonchev–Trinajstić information content (AvgIpc) is 2.26. The lowest BCUT2D eigenvalue weighted by Crippen LogP contribution is -2.59. The molecule has 110 valence electrons. The Labute approximate surface area is 125 Å². The van der Waals surface area contributed by atoms with Gasteiger partial charge in [0.1, 0.15) is 5.78 Å². The number of sulfone groups is 1. The molecule has 6 heteroatoms. The van der Waals surface area contributed by atoms with E-state index >= 15 is 0 Å². The van der Waals surface area contributed by atoms with Crippen LogP contribution in [0, 0.1) is 17.3 Å². The van der Waals surface area contributed by atoms with Crippen LogP contribution in [-0.2, 0) is 14.6 Å². The quantitative estimate of drug-likeness (QED) is 0.696. The lowest BCUT2D eigenvalue weighted by Gasteiger charge is -2.51. The van der Waals surface area contributed by atoms with Gasteiger partial charge in [0, 0.05) is 11.3 Å². The number of ketones is 1. The van der Waals surface area contributed by atoms with Crippen LogP contribution in [0.2, 0.25) is 0 Å². The van der Waals surface area contributed by atoms with E-state index in [4.69, 9.17) is 23.2 Å². The summed E-state index contributed by atoms with van der Waals surface area (Å²) in [5, 5.41) is -1.57. The summed E-state index contributed by atoms with van der Waals surface area (Å²) in [7, 11) is -3.21. The van der Waals surface area contributed by atoms with Gasteiger partial charge in [-0.1, -0.05) is 13.8 Å². The molecule has 5 atom stereocenters. The van der Waals surface area contributed by atoms with E-state index in [0.717, 1.165) is 0 Å². The zero-order chi connectivity index (χ0) is 14.6. The molecule has 0 aromatic carbocycles. The van der Waals surface area contributed by atoms with Gasteiger partial charge in [-0.15, -0.1) is 23.2 Å². The average molecular weight is 327 g/mol. The molecule has 0 aromatic rings. The topological polar surface area (TPSA) is 51.2 Å². The molecule has 3 nitrogen and oxygen atoms in total. The normalized spacial score (nSPS) is 44.4. The van der Waals surface area contributed by atoms with Gasteiger partial charge in [0.15, 0.2) is 9.84 Å². The van der Waals surface area contributed by atoms with Crippen molar-refractivity contribution in [3.05, 3.63) is 0 Å². The van der Waals surface area contributed by atoms with Crippen LogP contribution in [0.1, 0.15) is 33.6 Å². The molecular formula is C13H20Cl2O3S. The monoisotopic (exact) mass is 326 g/mol. The molecule has 1 saturated carbocycles. The number of carbonyl (C=O) groups is 1. The SMILES string of the molecule is CC(=O)C1CC(Cl)C2C(C1Cl)C(C)(C)CCS2(=O)=O. The Hall–Kier alpha value is 0.200. The minimum atomic E-state index is -3.21. The van der Waals surface area contributed by atoms with Gasteiger partial charge in [0.2, 0.25) is 0 Å². The molecule has 0 bridgehead atoms. The molecule has 2 rings (SSSR count). The third-order valence-corrected chi connectivity index (χ3v) is 8.19. The third kappa shape index (κ3) is 2.56. The van der Waals surface area contributed by atoms with E-state index in [1.807, 2.05) is 13.8 Å². The maximum Gasteiger partial charge on any atom is 0.154 e. The van der Waals surface area contributed by atoms with Gasteiger partial charge in [-0.2, -0.15) is 0 Å². The highest BCUT2D eigenvalue weighted by atomic mass is 35.5. The van der Waals surface area contributed by atoms with Crippen LogP contribution >= 0.6 is 23.2 Å². The van der Waals surface area contributed by atoms with E-state index < -0.39 is 25.8 Å². The lowest BCUT2D eigenvalue weighted by molar-refractivity contribution is -0.122. The Morgan fingerprint density at radius 2 is 1.84 bits per heavy atom. The molecule has 1 heterocycles. The second kappa shape index (κ2) is 4.88. The third-order valence-electron chi connectivity index (χ3n) is 4.79. The molecular weight excluding hydrogens is 307 g/mol. The number of carbonyl (C=O) groups excluding carboxylic acids is 1. The van der Waals surface area contributed by atoms with Crippen molar-refractivity contribution in [2.75, 3.05) is 5.75 Å². The van der Waals surface area contributed by atoms with Crippen LogP contribution in [0.4, 0.5) is 0 Å². The molecule has 2 aliphatic rings. The van der Waals surface area contributed by atoms with Crippen molar-refractivity contribution in [2.24, 2.45) is 17.3 Å². The van der Waals surface area contributed by atoms with Crippen LogP contribution in [0.25, 0.3) is 0 Å². The zero-order valence-electron chi connectivity index (χ0n) is 11.4. The van der Waals surface area contributed by atoms with Crippen molar-refractivity contribution in [1.29, 1.82) is 0 Å². The summed E-state index contributed by atoms with van der Waals surface area (Å²) in [6.07, 6.45) is 0.940. The van der Waals surface area contributed by atoms with Crippen LogP contribution in [0.5, 0.6) is 0 Å². The summed E-state index contributed by atoms with van der Waals surface area (Å²) in [6.45, 7) is 5.57. The fraction of sp³-hybridized carbons (Fsp3) is 0.923. The first kappa shape index (κ1) is 15.6. The molecule has 5 unspecified atom stereocenters. The number of alkyl halides is 2. The molecule has 0 spiro atoms. The predicted molar refractivity (Wildman–Crippen MR) is 77.5 cm³/mol. The first-order chi connectivity index (χ1) is 8.58. The molecule has 0 radical (unpaired) electrons. The summed E-state index contributed by atoms with van der Waals surface area (Å²) in [6, 6.07) is 0. The summed E-state index contributed by atoms with van der Waals surface area (Å²) in [4.78, 5) is 11.7. The number of hydrogen-bond donors (Lipinski definition) is 0. The Balaban J connectivity index is 2.47. The summed E-state index contributed by atoms with van der Waals surface area (Å²) < 4.78 is 24.6. The Morgan fingerprint density at radius 1 is 1.26 bits per heavy atom. The smallest absolute Gasteiger partial charge is 0.154 e. The lowest BCUT2D eigenvalue weighted by atomic mass is 9.65. The predicted octanol–water partition coefficient (Wildman–Crippen LogP) is 2.64. The molecule has 1 aliphatic heterocycles. The largest absolute Gasteiger partial charge is 0.300 e. The molecule has 0 N–H and O–H groups in total. The molecule has 1 saturated heterocycles. The van der Waals surface area contributed by atoms with Crippen LogP contribution < -0.4 is 0 Å². The Morgan fingerprint density at radius 3 is 2.37 bits per heavy atom. The number of hydrogen-bond acceptors (Lipinski definition) is 3. The Bertz CT molecular complexity index is 486. The van der Waals surface area contributed by atoms with Crippen molar-refractivity contribution in [2.45, 2.75) is 49.6 Å². The fourth-order valence-corrected chi connectivity index (χ4v) is 7.90. The van der Waals surface area contributed by atoms with Gasteiger partial charge in [-0.05, 0) is 31.1 Å². The zero-order valence-corrected chi connectivity index (χ0v) is 13.7. The van der Waals surface area contributed by atoms with E-state index in [9.17, 15) is 13.2 Å². The molecule has 1 aliphatic carbocycles. The van der Waals surface area contributed by atoms with E-state index in [1.165, 1.54) is 6.92 Å². The highest BCUT2D eigenvalue weighted by molar-refractivity contribution is 7.92. The highest BCUT2D eigenvalue weighted by Gasteiger charge is 2.57. The first-order valence-electron chi connectivity index (χ1n) is 6.58. The second-order valence-electron chi connectivity index (χ2n) is 6.51. The van der Waals surface area contributed by atoms with Gasteiger partial charge in [0.25, 0.3) is 0 Å². The summed E-state index contributed by atoms with van der Waals surface area (Å²) in [5.41, 5.74) is -0.205. The number of fused-ring (bicyclic) bond motifs is 1. The number of halogens is 2. The van der Waals surface area contributed by atoms with Gasteiger partial charge in [0.05, 0.1) is 16.4 Å². The standard InChI is InChI=1S/C13H20Cl2O3S/c1-7(16)8-6-9(14)12-10(11(8)15)13(2,3)4-5-19(12,17)18/h8-12H,4-6H2,1-3H3. The summed E-state index contributed by atoms with van der Waals surface area (Å²) >= 11 is 12.8. The van der Waals surface area contributed by atoms with Crippen LogP contribution in [0.15, 0.2) is 0 Å². The number of rotatable bonds is 1. The van der Waals surface area contributed by atoms with E-state index in [-0.39, 0.29) is 28.8 Å². The highest BCUT2D eigenvalue weighted by Crippen LogP contribution is 2.52. The second-order valence-corrected chi connectivity index (χ2v) is 9.85. The van der Waals surface area contributed by atoms with Crippen LogP contribution in [-0.4, -0.2) is 36.0 Å². The fourth-order valence-electron chi connectivity index (χ4n) is 3.59. The van der Waals surface area contributed by atoms with E-state index in [1.54, 1.807) is 0 Å². The van der Waals surface area contributed by atoms with Crippen molar-refractivity contribution in [3.8, 4) is 0 Å². The molecule has 0 amide bonds. The minimum absolute atomic E-state index is 0.00266. The first-order valence-corrected chi connectivity index (χ1v) is 9.17. The van der Waals surface area contributed by atoms with Gasteiger partial charge < -0.3 is 0 Å². The van der Waals surface area contributed by atoms with Crippen molar-refractivity contribution in [3.63, 3.8) is 0 Å². The maximum atomic E-state index is 12.3. The molecule has 19 heavy (non-hydrogen) atoms. The van der Waals surface area contributed by atoms with Crippen molar-refractivity contribution < 1.29 is 13.2 Å².